The highest BCUT2D eigenvalue weighted by atomic mass is 79.9. The molecular formula is C19H23BrF3N5O3. The molecule has 1 fully saturated rings. The van der Waals surface area contributed by atoms with Crippen molar-refractivity contribution in [1.82, 2.24) is 24.6 Å². The van der Waals surface area contributed by atoms with E-state index in [0.29, 0.717) is 6.54 Å². The summed E-state index contributed by atoms with van der Waals surface area (Å²) in [5.41, 5.74) is 2.33. The molecule has 1 amide bonds. The SMILES string of the molecule is CC(NC(=O)Cn1cnc2c1CCCC2)C1(n2cc(Br)cn2)CC1.O=C(O)C(F)(F)F. The smallest absolute Gasteiger partial charge is 0.475 e. The van der Waals surface area contributed by atoms with Crippen molar-refractivity contribution in [2.45, 2.75) is 69.8 Å². The number of nitrogens with one attached hydrogen (secondary N) is 1. The van der Waals surface area contributed by atoms with Gasteiger partial charge in [0.1, 0.15) is 6.54 Å². The Morgan fingerprint density at radius 3 is 2.52 bits per heavy atom. The van der Waals surface area contributed by atoms with Gasteiger partial charge in [-0.1, -0.05) is 0 Å². The van der Waals surface area contributed by atoms with E-state index in [0.717, 1.165) is 30.2 Å². The molecule has 31 heavy (non-hydrogen) atoms. The molecule has 0 saturated heterocycles. The zero-order chi connectivity index (χ0) is 22.8. The zero-order valence-electron chi connectivity index (χ0n) is 16.8. The molecule has 2 aromatic heterocycles. The number of aliphatic carboxylic acids is 1. The van der Waals surface area contributed by atoms with E-state index in [4.69, 9.17) is 9.90 Å². The van der Waals surface area contributed by atoms with Crippen LogP contribution in [0.1, 0.15) is 44.0 Å². The lowest BCUT2D eigenvalue weighted by Gasteiger charge is -2.25. The van der Waals surface area contributed by atoms with Crippen LogP contribution in [0, 0.1) is 0 Å². The average Bonchev–Trinajstić information content (AvgIpc) is 3.25. The Bertz CT molecular complexity index is 952. The first-order chi connectivity index (χ1) is 14.5. The number of rotatable bonds is 5. The van der Waals surface area contributed by atoms with Gasteiger partial charge in [0, 0.05) is 11.9 Å². The fourth-order valence-corrected chi connectivity index (χ4v) is 4.06. The average molecular weight is 506 g/mol. The maximum Gasteiger partial charge on any atom is 0.490 e. The van der Waals surface area contributed by atoms with Crippen molar-refractivity contribution in [1.29, 1.82) is 0 Å². The minimum absolute atomic E-state index is 0.0470. The number of hydrogen-bond donors (Lipinski definition) is 2. The number of alkyl halides is 3. The van der Waals surface area contributed by atoms with Gasteiger partial charge in [-0.15, -0.1) is 0 Å². The van der Waals surface area contributed by atoms with Crippen LogP contribution < -0.4 is 5.32 Å². The Labute approximate surface area is 185 Å². The number of carboxylic acids is 1. The lowest BCUT2D eigenvalue weighted by molar-refractivity contribution is -0.192. The summed E-state index contributed by atoms with van der Waals surface area (Å²) >= 11 is 3.45. The fourth-order valence-electron chi connectivity index (χ4n) is 3.78. The number of carbonyl (C=O) groups excluding carboxylic acids is 1. The number of carbonyl (C=O) groups is 2. The molecule has 1 unspecified atom stereocenters. The molecule has 0 spiro atoms. The highest BCUT2D eigenvalue weighted by Gasteiger charge is 2.50. The number of amides is 1. The molecule has 0 aliphatic heterocycles. The fraction of sp³-hybridized carbons (Fsp3) is 0.579. The molecule has 2 aliphatic carbocycles. The van der Waals surface area contributed by atoms with Crippen LogP contribution in [-0.4, -0.2) is 48.5 Å². The molecule has 2 aliphatic rings. The summed E-state index contributed by atoms with van der Waals surface area (Å²) < 4.78 is 36.7. The van der Waals surface area contributed by atoms with E-state index in [1.807, 2.05) is 21.8 Å². The maximum absolute atomic E-state index is 12.5. The second-order valence-corrected chi connectivity index (χ2v) is 8.69. The summed E-state index contributed by atoms with van der Waals surface area (Å²) in [6, 6.07) is 0.0520. The Hall–Kier alpha value is -2.37. The van der Waals surface area contributed by atoms with Gasteiger partial charge < -0.3 is 15.0 Å². The highest BCUT2D eigenvalue weighted by Crippen LogP contribution is 2.46. The molecule has 170 valence electrons. The minimum atomic E-state index is -5.08. The number of carboxylic acid groups (broad SMARTS) is 1. The van der Waals surface area contributed by atoms with Crippen LogP contribution in [0.5, 0.6) is 0 Å². The van der Waals surface area contributed by atoms with Gasteiger partial charge in [-0.2, -0.15) is 18.3 Å². The van der Waals surface area contributed by atoms with Gasteiger partial charge >= 0.3 is 12.1 Å². The summed E-state index contributed by atoms with van der Waals surface area (Å²) in [5.74, 6) is -2.71. The third kappa shape index (κ3) is 5.46. The number of fused-ring (bicyclic) bond motifs is 1. The van der Waals surface area contributed by atoms with E-state index in [9.17, 15) is 18.0 Å². The monoisotopic (exact) mass is 505 g/mol. The van der Waals surface area contributed by atoms with Crippen LogP contribution in [0.25, 0.3) is 0 Å². The van der Waals surface area contributed by atoms with E-state index in [2.05, 4.69) is 38.3 Å². The molecular weight excluding hydrogens is 483 g/mol. The highest BCUT2D eigenvalue weighted by molar-refractivity contribution is 9.10. The molecule has 0 bridgehead atoms. The number of aryl methyl sites for hydroxylation is 1. The normalized spacial score (nSPS) is 17.7. The van der Waals surface area contributed by atoms with Crippen LogP contribution in [0.15, 0.2) is 23.2 Å². The van der Waals surface area contributed by atoms with Crippen LogP contribution >= 0.6 is 15.9 Å². The van der Waals surface area contributed by atoms with Gasteiger partial charge in [-0.25, -0.2) is 9.78 Å². The van der Waals surface area contributed by atoms with Crippen molar-refractivity contribution in [2.75, 3.05) is 0 Å². The molecule has 12 heteroatoms. The van der Waals surface area contributed by atoms with E-state index < -0.39 is 12.1 Å². The van der Waals surface area contributed by atoms with Crippen molar-refractivity contribution in [3.8, 4) is 0 Å². The van der Waals surface area contributed by atoms with Crippen LogP contribution in [0.3, 0.4) is 0 Å². The van der Waals surface area contributed by atoms with Gasteiger partial charge in [0.05, 0.1) is 34.3 Å². The van der Waals surface area contributed by atoms with Crippen LogP contribution in [-0.2, 0) is 34.5 Å². The standard InChI is InChI=1S/C17H22BrN5O.C2HF3O2/c1-12(17(6-7-17)23-9-13(18)8-20-23)21-16(24)10-22-11-19-14-4-2-3-5-15(14)22;3-2(4,5)1(6)7/h8-9,11-12H,2-7,10H2,1H3,(H,21,24);(H,6,7). The molecule has 4 rings (SSSR count). The lowest BCUT2D eigenvalue weighted by atomic mass is 10.0. The molecule has 1 atom stereocenters. The van der Waals surface area contributed by atoms with E-state index in [1.165, 1.54) is 24.2 Å². The number of hydrogen-bond acceptors (Lipinski definition) is 4. The summed E-state index contributed by atoms with van der Waals surface area (Å²) in [6.45, 7) is 2.43. The number of aromatic nitrogens is 4. The molecule has 0 radical (unpaired) electrons. The molecule has 2 N–H and O–H groups in total. The largest absolute Gasteiger partial charge is 0.490 e. The number of nitrogens with zero attached hydrogens (tertiary/aromatic N) is 4. The Morgan fingerprint density at radius 1 is 1.32 bits per heavy atom. The predicted molar refractivity (Wildman–Crippen MR) is 107 cm³/mol. The van der Waals surface area contributed by atoms with Crippen molar-refractivity contribution in [2.24, 2.45) is 0 Å². The van der Waals surface area contributed by atoms with E-state index in [-0.39, 0.29) is 17.5 Å². The van der Waals surface area contributed by atoms with Crippen molar-refractivity contribution >= 4 is 27.8 Å². The second-order valence-electron chi connectivity index (χ2n) is 7.77. The quantitative estimate of drug-likeness (QED) is 0.650. The van der Waals surface area contributed by atoms with Crippen molar-refractivity contribution in [3.63, 3.8) is 0 Å². The summed E-state index contributed by atoms with van der Waals surface area (Å²) in [7, 11) is 0. The van der Waals surface area contributed by atoms with Crippen LogP contribution in [0.2, 0.25) is 0 Å². The van der Waals surface area contributed by atoms with E-state index in [1.54, 1.807) is 6.20 Å². The molecule has 8 nitrogen and oxygen atoms in total. The molecule has 2 aromatic rings. The maximum atomic E-state index is 12.5. The summed E-state index contributed by atoms with van der Waals surface area (Å²) in [6.07, 6.45) is 7.07. The zero-order valence-corrected chi connectivity index (χ0v) is 18.4. The molecule has 0 aromatic carbocycles. The van der Waals surface area contributed by atoms with Gasteiger partial charge in [0.25, 0.3) is 0 Å². The van der Waals surface area contributed by atoms with Crippen molar-refractivity contribution in [3.05, 3.63) is 34.6 Å². The first-order valence-electron chi connectivity index (χ1n) is 9.86. The first kappa shape index (κ1) is 23.3. The van der Waals surface area contributed by atoms with E-state index >= 15 is 0 Å². The summed E-state index contributed by atoms with van der Waals surface area (Å²) in [5, 5.41) is 14.7. The second kappa shape index (κ2) is 9.01. The molecule has 1 saturated carbocycles. The topological polar surface area (TPSA) is 102 Å². The number of imidazole rings is 1. The van der Waals surface area contributed by atoms with Gasteiger partial charge in [0.2, 0.25) is 5.91 Å². The predicted octanol–water partition coefficient (Wildman–Crippen LogP) is 3.05. The number of halogens is 4. The third-order valence-electron chi connectivity index (χ3n) is 5.62. The minimum Gasteiger partial charge on any atom is -0.475 e. The lowest BCUT2D eigenvalue weighted by Crippen LogP contribution is -2.45. The Kier molecular flexibility index (Phi) is 6.77. The van der Waals surface area contributed by atoms with Gasteiger partial charge in [0.15, 0.2) is 0 Å². The first-order valence-corrected chi connectivity index (χ1v) is 10.7. The Balaban J connectivity index is 0.000000339. The Morgan fingerprint density at radius 2 is 1.97 bits per heavy atom. The van der Waals surface area contributed by atoms with Crippen LogP contribution in [0.4, 0.5) is 13.2 Å². The molecule has 2 heterocycles. The van der Waals surface area contributed by atoms with Crippen molar-refractivity contribution < 1.29 is 27.9 Å². The van der Waals surface area contributed by atoms with Gasteiger partial charge in [-0.05, 0) is 61.4 Å². The summed E-state index contributed by atoms with van der Waals surface area (Å²) in [4.78, 5) is 25.9. The van der Waals surface area contributed by atoms with Gasteiger partial charge in [-0.3, -0.25) is 9.48 Å². The third-order valence-corrected chi connectivity index (χ3v) is 6.03.